The summed E-state index contributed by atoms with van der Waals surface area (Å²) >= 11 is 0. The number of rotatable bonds is 3. The van der Waals surface area contributed by atoms with Gasteiger partial charge in [0.2, 0.25) is 0 Å². The minimum atomic E-state index is -0.150. The second-order valence-corrected chi connectivity index (χ2v) is 9.73. The maximum absolute atomic E-state index is 6.81. The Kier molecular flexibility index (Phi) is 3.08. The van der Waals surface area contributed by atoms with Gasteiger partial charge < -0.3 is 15.2 Å². The molecule has 140 valence electrons. The zero-order chi connectivity index (χ0) is 17.6. The van der Waals surface area contributed by atoms with Crippen LogP contribution in [0.3, 0.4) is 0 Å². The molecular formula is C22H30N2O2. The van der Waals surface area contributed by atoms with Crippen LogP contribution in [-0.2, 0) is 16.6 Å². The van der Waals surface area contributed by atoms with Crippen molar-refractivity contribution >= 4 is 0 Å². The molecule has 0 unspecified atom stereocenters. The molecule has 3 heterocycles. The third kappa shape index (κ3) is 1.91. The van der Waals surface area contributed by atoms with Crippen molar-refractivity contribution in [2.45, 2.75) is 67.5 Å². The Hall–Kier alpha value is -1.10. The third-order valence-electron chi connectivity index (χ3n) is 8.32. The van der Waals surface area contributed by atoms with E-state index in [1.165, 1.54) is 43.5 Å². The van der Waals surface area contributed by atoms with Crippen LogP contribution in [0.5, 0.6) is 5.75 Å². The first-order valence-corrected chi connectivity index (χ1v) is 10.4. The van der Waals surface area contributed by atoms with Crippen LogP contribution in [0.2, 0.25) is 0 Å². The average molecular weight is 354 g/mol. The van der Waals surface area contributed by atoms with E-state index in [9.17, 15) is 0 Å². The van der Waals surface area contributed by atoms with Crippen LogP contribution in [0.25, 0.3) is 0 Å². The Morgan fingerprint density at radius 1 is 1.27 bits per heavy atom. The molecule has 3 saturated heterocycles. The van der Waals surface area contributed by atoms with E-state index < -0.39 is 0 Å². The molecule has 0 amide bonds. The number of fused-ring (bicyclic) bond motifs is 3. The fourth-order valence-electron chi connectivity index (χ4n) is 6.90. The summed E-state index contributed by atoms with van der Waals surface area (Å²) in [6.07, 6.45) is 8.44. The molecule has 0 radical (unpaired) electrons. The second-order valence-electron chi connectivity index (χ2n) is 9.73. The topological polar surface area (TPSA) is 47.7 Å². The van der Waals surface area contributed by atoms with Gasteiger partial charge in [0, 0.05) is 23.5 Å². The van der Waals surface area contributed by atoms with E-state index in [1.54, 1.807) is 7.11 Å². The lowest BCUT2D eigenvalue weighted by Crippen LogP contribution is -2.80. The molecule has 1 aromatic carbocycles. The highest BCUT2D eigenvalue weighted by Crippen LogP contribution is 2.64. The summed E-state index contributed by atoms with van der Waals surface area (Å²) in [7, 11) is 1.77. The molecule has 0 aromatic heterocycles. The zero-order valence-electron chi connectivity index (χ0n) is 15.8. The van der Waals surface area contributed by atoms with E-state index in [-0.39, 0.29) is 16.6 Å². The van der Waals surface area contributed by atoms with E-state index in [0.717, 1.165) is 44.0 Å². The molecule has 2 N–H and O–H groups in total. The molecule has 2 saturated carbocycles. The minimum Gasteiger partial charge on any atom is -0.497 e. The first-order chi connectivity index (χ1) is 12.6. The van der Waals surface area contributed by atoms with Gasteiger partial charge in [0.15, 0.2) is 0 Å². The molecule has 5 fully saturated rings. The van der Waals surface area contributed by atoms with E-state index in [2.05, 4.69) is 23.1 Å². The van der Waals surface area contributed by atoms with Crippen molar-refractivity contribution in [2.24, 2.45) is 11.7 Å². The fourth-order valence-corrected chi connectivity index (χ4v) is 6.90. The van der Waals surface area contributed by atoms with Crippen molar-refractivity contribution in [3.05, 3.63) is 29.3 Å². The van der Waals surface area contributed by atoms with Crippen LogP contribution in [0.15, 0.2) is 18.2 Å². The highest BCUT2D eigenvalue weighted by molar-refractivity contribution is 5.50. The molecule has 6 aliphatic rings. The number of likely N-dealkylation sites (tertiary alicyclic amines) is 1. The van der Waals surface area contributed by atoms with Gasteiger partial charge in [-0.2, -0.15) is 0 Å². The van der Waals surface area contributed by atoms with Gasteiger partial charge in [-0.25, -0.2) is 0 Å². The quantitative estimate of drug-likeness (QED) is 0.906. The number of nitrogens with zero attached hydrogens (tertiary/aromatic N) is 1. The van der Waals surface area contributed by atoms with Gasteiger partial charge in [-0.3, -0.25) is 4.90 Å². The molecule has 7 rings (SSSR count). The van der Waals surface area contributed by atoms with Crippen molar-refractivity contribution in [2.75, 3.05) is 26.8 Å². The Morgan fingerprint density at radius 2 is 2.15 bits per heavy atom. The van der Waals surface area contributed by atoms with Gasteiger partial charge in [-0.15, -0.1) is 0 Å². The van der Waals surface area contributed by atoms with E-state index in [0.29, 0.717) is 6.04 Å². The maximum Gasteiger partial charge on any atom is 0.119 e. The maximum atomic E-state index is 6.81. The van der Waals surface area contributed by atoms with E-state index in [1.807, 2.05) is 0 Å². The van der Waals surface area contributed by atoms with E-state index >= 15 is 0 Å². The molecule has 4 nitrogen and oxygen atoms in total. The summed E-state index contributed by atoms with van der Waals surface area (Å²) in [6, 6.07) is 7.26. The lowest BCUT2D eigenvalue weighted by Gasteiger charge is -2.71. The van der Waals surface area contributed by atoms with Gasteiger partial charge in [-0.1, -0.05) is 6.07 Å². The van der Waals surface area contributed by atoms with Crippen LogP contribution in [0, 0.1) is 5.92 Å². The third-order valence-corrected chi connectivity index (χ3v) is 8.32. The molecule has 26 heavy (non-hydrogen) atoms. The molecule has 1 aromatic rings. The molecule has 4 bridgehead atoms. The summed E-state index contributed by atoms with van der Waals surface area (Å²) in [4.78, 5) is 2.79. The highest BCUT2D eigenvalue weighted by atomic mass is 16.5. The summed E-state index contributed by atoms with van der Waals surface area (Å²) in [6.45, 7) is 3.20. The predicted molar refractivity (Wildman–Crippen MR) is 101 cm³/mol. The van der Waals surface area contributed by atoms with Crippen molar-refractivity contribution in [1.29, 1.82) is 0 Å². The number of piperidine rings is 1. The molecule has 4 heteroatoms. The highest BCUT2D eigenvalue weighted by Gasteiger charge is 2.70. The van der Waals surface area contributed by atoms with Crippen molar-refractivity contribution in [1.82, 2.24) is 4.90 Å². The lowest BCUT2D eigenvalue weighted by molar-refractivity contribution is -0.258. The number of nitrogens with two attached hydrogens (primary N) is 1. The Balaban J connectivity index is 1.52. The molecule has 3 aliphatic carbocycles. The lowest BCUT2D eigenvalue weighted by atomic mass is 9.45. The second kappa shape index (κ2) is 5.03. The van der Waals surface area contributed by atoms with Crippen LogP contribution in [-0.4, -0.2) is 48.9 Å². The van der Waals surface area contributed by atoms with Gasteiger partial charge in [0.05, 0.1) is 19.3 Å². The average Bonchev–Trinajstić information content (AvgIpc) is 3.47. The molecular weight excluding hydrogens is 324 g/mol. The predicted octanol–water partition coefficient (Wildman–Crippen LogP) is 2.62. The van der Waals surface area contributed by atoms with Crippen molar-refractivity contribution < 1.29 is 9.47 Å². The SMILES string of the molecule is COc1ccc2c(c1)[C@]13CCN(CC4CC4)[C@H](C2)[C@]12CC[C@@](N)(CO2)C3. The largest absolute Gasteiger partial charge is 0.497 e. The smallest absolute Gasteiger partial charge is 0.119 e. The number of ether oxygens (including phenoxy) is 2. The summed E-state index contributed by atoms with van der Waals surface area (Å²) < 4.78 is 12.4. The summed E-state index contributed by atoms with van der Waals surface area (Å²) in [5.74, 6) is 1.90. The molecule has 4 atom stereocenters. The first kappa shape index (κ1) is 15.9. The minimum absolute atomic E-state index is 0.0410. The number of benzene rings is 1. The Labute approximate surface area is 156 Å². The van der Waals surface area contributed by atoms with Crippen LogP contribution in [0.4, 0.5) is 0 Å². The number of methoxy groups -OCH3 is 1. The molecule has 1 spiro atoms. The fraction of sp³-hybridized carbons (Fsp3) is 0.727. The van der Waals surface area contributed by atoms with Crippen molar-refractivity contribution in [3.8, 4) is 5.75 Å². The normalized spacial score (nSPS) is 43.7. The van der Waals surface area contributed by atoms with Crippen LogP contribution < -0.4 is 10.5 Å². The van der Waals surface area contributed by atoms with Gasteiger partial charge in [0.25, 0.3) is 0 Å². The molecule has 3 aliphatic heterocycles. The van der Waals surface area contributed by atoms with Gasteiger partial charge in [0.1, 0.15) is 5.75 Å². The monoisotopic (exact) mass is 354 g/mol. The van der Waals surface area contributed by atoms with E-state index in [4.69, 9.17) is 15.2 Å². The Bertz CT molecular complexity index is 751. The van der Waals surface area contributed by atoms with Crippen LogP contribution >= 0.6 is 0 Å². The van der Waals surface area contributed by atoms with Gasteiger partial charge in [-0.05, 0) is 80.7 Å². The zero-order valence-corrected chi connectivity index (χ0v) is 15.8. The Morgan fingerprint density at radius 3 is 2.88 bits per heavy atom. The number of hydrogen-bond acceptors (Lipinski definition) is 4. The first-order valence-electron chi connectivity index (χ1n) is 10.4. The standard InChI is InChI=1S/C22H30N2O2/c1-25-17-5-4-16-10-19-22-7-6-20(23,14-26-22)13-21(22,18(16)11-17)8-9-24(19)12-15-2-3-15/h4-5,11,15,19H,2-3,6-10,12-14,23H2,1H3/t19-,20+,21-,22-/m1/s1. The summed E-state index contributed by atoms with van der Waals surface area (Å²) in [5.41, 5.74) is 9.68. The van der Waals surface area contributed by atoms with Crippen molar-refractivity contribution in [3.63, 3.8) is 0 Å². The number of hydrogen-bond donors (Lipinski definition) is 1. The van der Waals surface area contributed by atoms with Gasteiger partial charge >= 0.3 is 0 Å². The summed E-state index contributed by atoms with van der Waals surface area (Å²) in [5, 5.41) is 0. The van der Waals surface area contributed by atoms with Crippen LogP contribution in [0.1, 0.15) is 49.7 Å².